The molecule has 0 N–H and O–H groups in total. The summed E-state index contributed by atoms with van der Waals surface area (Å²) in [5.41, 5.74) is 0.503. The number of amides is 1. The number of carbonyl (C=O) groups excluding carboxylic acids is 1. The van der Waals surface area contributed by atoms with Gasteiger partial charge in [0.2, 0.25) is 21.8 Å². The van der Waals surface area contributed by atoms with Crippen LogP contribution in [0, 0.1) is 6.92 Å². The summed E-state index contributed by atoms with van der Waals surface area (Å²) < 4.78 is 32.0. The highest BCUT2D eigenvalue weighted by atomic mass is 32.2. The average Bonchev–Trinajstić information content (AvgIpc) is 3.18. The van der Waals surface area contributed by atoms with Gasteiger partial charge in [-0.15, -0.1) is 10.2 Å². The van der Waals surface area contributed by atoms with Crippen molar-refractivity contribution >= 4 is 15.9 Å². The summed E-state index contributed by atoms with van der Waals surface area (Å²) in [7, 11) is -3.52. The number of benzene rings is 1. The molecule has 0 radical (unpaired) electrons. The molecule has 10 heteroatoms. The predicted molar refractivity (Wildman–Crippen MR) is 112 cm³/mol. The Morgan fingerprint density at radius 1 is 1.07 bits per heavy atom. The van der Waals surface area contributed by atoms with Gasteiger partial charge in [-0.25, -0.2) is 8.42 Å². The van der Waals surface area contributed by atoms with Gasteiger partial charge in [0.15, 0.2) is 0 Å². The van der Waals surface area contributed by atoms with Crippen molar-refractivity contribution < 1.29 is 17.6 Å². The van der Waals surface area contributed by atoms with Crippen LogP contribution in [0.1, 0.15) is 36.0 Å². The van der Waals surface area contributed by atoms with E-state index in [1.807, 2.05) is 13.8 Å². The lowest BCUT2D eigenvalue weighted by molar-refractivity contribution is 0.0636. The minimum Gasteiger partial charge on any atom is -0.426 e. The van der Waals surface area contributed by atoms with E-state index in [1.165, 1.54) is 16.4 Å². The number of rotatable bonds is 8. The Kier molecular flexibility index (Phi) is 7.22. The quantitative estimate of drug-likeness (QED) is 0.618. The molecule has 30 heavy (non-hydrogen) atoms. The van der Waals surface area contributed by atoms with Gasteiger partial charge in [-0.1, -0.05) is 13.8 Å². The molecule has 0 atom stereocenters. The Bertz CT molecular complexity index is 946. The number of sulfonamides is 1. The molecule has 9 nitrogen and oxygen atoms in total. The van der Waals surface area contributed by atoms with E-state index in [-0.39, 0.29) is 10.8 Å². The molecule has 0 unspecified atom stereocenters. The summed E-state index contributed by atoms with van der Waals surface area (Å²) in [6.45, 7) is 9.81. The highest BCUT2D eigenvalue weighted by molar-refractivity contribution is 7.89. The maximum Gasteiger partial charge on any atom is 0.253 e. The second-order valence-corrected chi connectivity index (χ2v) is 9.15. The Balaban J connectivity index is 1.54. The standard InChI is InChI=1S/C20H29N5O4S/c1-4-25(5-2)30(27,28)18-8-6-17(7-9-18)20(26)24-14-12-23(13-15-24)11-10-19-22-21-16(3)29-19/h6-9H,4-5,10-15H2,1-3H3. The van der Waals surface area contributed by atoms with Gasteiger partial charge >= 0.3 is 0 Å². The first-order chi connectivity index (χ1) is 14.3. The summed E-state index contributed by atoms with van der Waals surface area (Å²) in [6.07, 6.45) is 0.692. The van der Waals surface area contributed by atoms with Gasteiger partial charge in [0.05, 0.1) is 4.90 Å². The van der Waals surface area contributed by atoms with Gasteiger partial charge in [-0.05, 0) is 24.3 Å². The number of nitrogens with zero attached hydrogens (tertiary/aromatic N) is 5. The van der Waals surface area contributed by atoms with Crippen LogP contribution in [0.2, 0.25) is 0 Å². The number of carbonyl (C=O) groups is 1. The first-order valence-electron chi connectivity index (χ1n) is 10.3. The normalized spacial score (nSPS) is 15.7. The maximum absolute atomic E-state index is 12.8. The Labute approximate surface area is 177 Å². The Morgan fingerprint density at radius 3 is 2.23 bits per heavy atom. The van der Waals surface area contributed by atoms with Gasteiger partial charge < -0.3 is 9.32 Å². The third-order valence-electron chi connectivity index (χ3n) is 5.31. The summed E-state index contributed by atoms with van der Waals surface area (Å²) >= 11 is 0. The van der Waals surface area contributed by atoms with Crippen molar-refractivity contribution in [1.29, 1.82) is 0 Å². The zero-order valence-electron chi connectivity index (χ0n) is 17.7. The molecule has 0 spiro atoms. The maximum atomic E-state index is 12.8. The smallest absolute Gasteiger partial charge is 0.253 e. The zero-order chi connectivity index (χ0) is 21.7. The number of hydrogen-bond donors (Lipinski definition) is 0. The molecule has 1 saturated heterocycles. The van der Waals surface area contributed by atoms with Crippen molar-refractivity contribution in [2.45, 2.75) is 32.1 Å². The Morgan fingerprint density at radius 2 is 1.70 bits per heavy atom. The van der Waals surface area contributed by atoms with Crippen LogP contribution < -0.4 is 0 Å². The molecule has 2 aromatic rings. The van der Waals surface area contributed by atoms with E-state index in [1.54, 1.807) is 24.0 Å². The van der Waals surface area contributed by atoms with E-state index < -0.39 is 10.0 Å². The van der Waals surface area contributed by atoms with Gasteiger partial charge in [0, 0.05) is 64.7 Å². The minimum atomic E-state index is -3.52. The lowest BCUT2D eigenvalue weighted by Crippen LogP contribution is -2.49. The van der Waals surface area contributed by atoms with E-state index in [9.17, 15) is 13.2 Å². The molecule has 1 aromatic heterocycles. The molecule has 1 aliphatic rings. The number of hydrogen-bond acceptors (Lipinski definition) is 7. The number of aryl methyl sites for hydroxylation is 1. The molecule has 3 rings (SSSR count). The molecular weight excluding hydrogens is 406 g/mol. The van der Waals surface area contributed by atoms with Crippen molar-refractivity contribution in [3.05, 3.63) is 41.6 Å². The lowest BCUT2D eigenvalue weighted by atomic mass is 10.2. The van der Waals surface area contributed by atoms with Gasteiger partial charge in [0.1, 0.15) is 0 Å². The second-order valence-electron chi connectivity index (χ2n) is 7.21. The van der Waals surface area contributed by atoms with Crippen LogP contribution in [0.5, 0.6) is 0 Å². The van der Waals surface area contributed by atoms with Gasteiger partial charge in [0.25, 0.3) is 5.91 Å². The van der Waals surface area contributed by atoms with Crippen molar-refractivity contribution in [3.63, 3.8) is 0 Å². The summed E-state index contributed by atoms with van der Waals surface area (Å²) in [4.78, 5) is 17.1. The van der Waals surface area contributed by atoms with Crippen molar-refractivity contribution in [2.75, 3.05) is 45.8 Å². The number of piperazine rings is 1. The fourth-order valence-corrected chi connectivity index (χ4v) is 4.99. The largest absolute Gasteiger partial charge is 0.426 e. The third-order valence-corrected chi connectivity index (χ3v) is 7.38. The monoisotopic (exact) mass is 435 g/mol. The van der Waals surface area contributed by atoms with Crippen LogP contribution in [0.3, 0.4) is 0 Å². The van der Waals surface area contributed by atoms with Crippen molar-refractivity contribution in [1.82, 2.24) is 24.3 Å². The topological polar surface area (TPSA) is 99.9 Å². The molecule has 164 valence electrons. The van der Waals surface area contributed by atoms with Crippen LogP contribution in [0.25, 0.3) is 0 Å². The number of aromatic nitrogens is 2. The minimum absolute atomic E-state index is 0.0750. The third kappa shape index (κ3) is 5.05. The van der Waals surface area contributed by atoms with Crippen LogP contribution in [-0.2, 0) is 16.4 Å². The van der Waals surface area contributed by atoms with Gasteiger partial charge in [-0.2, -0.15) is 4.31 Å². The molecule has 0 aliphatic carbocycles. The molecule has 1 amide bonds. The lowest BCUT2D eigenvalue weighted by Gasteiger charge is -2.34. The van der Waals surface area contributed by atoms with E-state index >= 15 is 0 Å². The summed E-state index contributed by atoms with van der Waals surface area (Å²) in [5, 5.41) is 7.84. The van der Waals surface area contributed by atoms with Crippen molar-refractivity contribution in [3.8, 4) is 0 Å². The first-order valence-corrected chi connectivity index (χ1v) is 11.7. The predicted octanol–water partition coefficient (Wildman–Crippen LogP) is 1.41. The molecule has 1 aromatic carbocycles. The fourth-order valence-electron chi connectivity index (χ4n) is 3.53. The van der Waals surface area contributed by atoms with E-state index in [2.05, 4.69) is 15.1 Å². The summed E-state index contributed by atoms with van der Waals surface area (Å²) in [6, 6.07) is 6.24. The molecule has 1 fully saturated rings. The SMILES string of the molecule is CCN(CC)S(=O)(=O)c1ccc(C(=O)N2CCN(CCc3nnc(C)o3)CC2)cc1. The van der Waals surface area contributed by atoms with Crippen molar-refractivity contribution in [2.24, 2.45) is 0 Å². The molecule has 0 bridgehead atoms. The van der Waals surface area contributed by atoms with Crippen LogP contribution in [0.4, 0.5) is 0 Å². The highest BCUT2D eigenvalue weighted by Gasteiger charge is 2.24. The molecule has 0 saturated carbocycles. The highest BCUT2D eigenvalue weighted by Crippen LogP contribution is 2.17. The first kappa shape index (κ1) is 22.4. The summed E-state index contributed by atoms with van der Waals surface area (Å²) in [5.74, 6) is 1.12. The fraction of sp³-hybridized carbons (Fsp3) is 0.550. The molecular formula is C20H29N5O4S. The van der Waals surface area contributed by atoms with Crippen LogP contribution in [-0.4, -0.2) is 84.4 Å². The second kappa shape index (κ2) is 9.67. The zero-order valence-corrected chi connectivity index (χ0v) is 18.6. The van der Waals surface area contributed by atoms with Gasteiger partial charge in [-0.3, -0.25) is 9.69 Å². The van der Waals surface area contributed by atoms with Crippen LogP contribution in [0.15, 0.2) is 33.6 Å². The average molecular weight is 436 g/mol. The molecule has 1 aliphatic heterocycles. The molecule has 2 heterocycles. The van der Waals surface area contributed by atoms with E-state index in [0.717, 1.165) is 19.6 Å². The Hall–Kier alpha value is -2.30. The van der Waals surface area contributed by atoms with Crippen LogP contribution >= 0.6 is 0 Å². The van der Waals surface area contributed by atoms with E-state index in [4.69, 9.17) is 4.42 Å². The van der Waals surface area contributed by atoms with E-state index in [0.29, 0.717) is 49.9 Å².